The first-order valence-electron chi connectivity index (χ1n) is 4.98. The molecule has 0 amide bonds. The Balaban J connectivity index is 2.53. The second-order valence-electron chi connectivity index (χ2n) is 3.99. The molecule has 0 bridgehead atoms. The summed E-state index contributed by atoms with van der Waals surface area (Å²) in [6.07, 6.45) is 4.93. The highest BCUT2D eigenvalue weighted by Crippen LogP contribution is 2.31. The maximum Gasteiger partial charge on any atom is 0.330 e. The van der Waals surface area contributed by atoms with Crippen LogP contribution in [0.4, 0.5) is 0 Å². The van der Waals surface area contributed by atoms with E-state index in [-0.39, 0.29) is 12.1 Å². The van der Waals surface area contributed by atoms with Crippen LogP contribution >= 0.6 is 0 Å². The van der Waals surface area contributed by atoms with Crippen molar-refractivity contribution in [1.82, 2.24) is 0 Å². The summed E-state index contributed by atoms with van der Waals surface area (Å²) in [6.45, 7) is 7.70. The standard InChI is InChI=1S/C11H18O2/c1-4-10(12)13-11-8(2)6-5-7-9(11)3/h4,8-9,11H,1,5-7H2,2-3H3. The van der Waals surface area contributed by atoms with Crippen LogP contribution in [0.5, 0.6) is 0 Å². The van der Waals surface area contributed by atoms with E-state index >= 15 is 0 Å². The first kappa shape index (κ1) is 10.3. The van der Waals surface area contributed by atoms with Crippen LogP contribution in [0.25, 0.3) is 0 Å². The fourth-order valence-electron chi connectivity index (χ4n) is 2.07. The Morgan fingerprint density at radius 2 is 1.92 bits per heavy atom. The smallest absolute Gasteiger partial charge is 0.330 e. The molecular formula is C11H18O2. The molecule has 0 aromatic rings. The van der Waals surface area contributed by atoms with Gasteiger partial charge in [0.25, 0.3) is 0 Å². The predicted octanol–water partition coefficient (Wildman–Crippen LogP) is 2.54. The third kappa shape index (κ3) is 2.58. The Morgan fingerprint density at radius 3 is 2.38 bits per heavy atom. The molecule has 2 nitrogen and oxygen atoms in total. The van der Waals surface area contributed by atoms with E-state index in [0.29, 0.717) is 11.8 Å². The highest BCUT2D eigenvalue weighted by molar-refractivity contribution is 5.81. The molecule has 1 saturated carbocycles. The van der Waals surface area contributed by atoms with Crippen LogP contribution in [-0.4, -0.2) is 12.1 Å². The summed E-state index contributed by atoms with van der Waals surface area (Å²) in [5.74, 6) is 0.700. The molecule has 74 valence electrons. The van der Waals surface area contributed by atoms with Crippen molar-refractivity contribution >= 4 is 5.97 Å². The summed E-state index contributed by atoms with van der Waals surface area (Å²) in [5.41, 5.74) is 0. The Kier molecular flexibility index (Phi) is 3.52. The van der Waals surface area contributed by atoms with E-state index in [9.17, 15) is 4.79 Å². The van der Waals surface area contributed by atoms with E-state index in [4.69, 9.17) is 4.74 Å². The van der Waals surface area contributed by atoms with Crippen molar-refractivity contribution in [3.8, 4) is 0 Å². The van der Waals surface area contributed by atoms with Gasteiger partial charge in [-0.3, -0.25) is 0 Å². The summed E-state index contributed by atoms with van der Waals surface area (Å²) in [5, 5.41) is 0. The molecule has 0 aliphatic heterocycles. The average Bonchev–Trinajstić information content (AvgIpc) is 2.11. The molecule has 0 N–H and O–H groups in total. The van der Waals surface area contributed by atoms with E-state index in [1.165, 1.54) is 25.3 Å². The lowest BCUT2D eigenvalue weighted by Gasteiger charge is -2.33. The molecule has 1 aliphatic rings. The summed E-state index contributed by atoms with van der Waals surface area (Å²) < 4.78 is 5.31. The third-order valence-corrected chi connectivity index (χ3v) is 2.86. The van der Waals surface area contributed by atoms with Gasteiger partial charge in [-0.15, -0.1) is 0 Å². The van der Waals surface area contributed by atoms with Gasteiger partial charge < -0.3 is 4.74 Å². The summed E-state index contributed by atoms with van der Waals surface area (Å²) in [4.78, 5) is 11.0. The van der Waals surface area contributed by atoms with E-state index in [0.717, 1.165) is 0 Å². The number of hydrogen-bond acceptors (Lipinski definition) is 2. The molecule has 13 heavy (non-hydrogen) atoms. The van der Waals surface area contributed by atoms with Crippen molar-refractivity contribution in [2.75, 3.05) is 0 Å². The summed E-state index contributed by atoms with van der Waals surface area (Å²) in [6, 6.07) is 0. The first-order valence-corrected chi connectivity index (χ1v) is 4.98. The van der Waals surface area contributed by atoms with Gasteiger partial charge in [-0.05, 0) is 24.7 Å². The molecule has 2 unspecified atom stereocenters. The van der Waals surface area contributed by atoms with Crippen molar-refractivity contribution < 1.29 is 9.53 Å². The molecule has 2 atom stereocenters. The second-order valence-corrected chi connectivity index (χ2v) is 3.99. The number of carbonyl (C=O) groups is 1. The van der Waals surface area contributed by atoms with E-state index in [1.807, 2.05) is 0 Å². The molecule has 0 saturated heterocycles. The fourth-order valence-corrected chi connectivity index (χ4v) is 2.07. The summed E-state index contributed by atoms with van der Waals surface area (Å²) >= 11 is 0. The van der Waals surface area contributed by atoms with Gasteiger partial charge in [0.05, 0.1) is 0 Å². The number of ether oxygens (including phenoxy) is 1. The van der Waals surface area contributed by atoms with Gasteiger partial charge >= 0.3 is 5.97 Å². The predicted molar refractivity (Wildman–Crippen MR) is 52.3 cm³/mol. The largest absolute Gasteiger partial charge is 0.459 e. The minimum Gasteiger partial charge on any atom is -0.459 e. The number of carbonyl (C=O) groups excluding carboxylic acids is 1. The Labute approximate surface area is 80.0 Å². The van der Waals surface area contributed by atoms with Crippen LogP contribution in [0.3, 0.4) is 0 Å². The average molecular weight is 182 g/mol. The SMILES string of the molecule is C=CC(=O)OC1C(C)CCCC1C. The van der Waals surface area contributed by atoms with Crippen molar-refractivity contribution in [1.29, 1.82) is 0 Å². The van der Waals surface area contributed by atoms with Crippen LogP contribution in [0, 0.1) is 11.8 Å². The normalized spacial score (nSPS) is 33.8. The molecule has 0 aromatic carbocycles. The lowest BCUT2D eigenvalue weighted by molar-refractivity contribution is -0.150. The second kappa shape index (κ2) is 4.45. The molecule has 2 heteroatoms. The van der Waals surface area contributed by atoms with Gasteiger partial charge in [-0.25, -0.2) is 4.79 Å². The zero-order chi connectivity index (χ0) is 9.84. The van der Waals surface area contributed by atoms with Crippen molar-refractivity contribution in [2.45, 2.75) is 39.2 Å². The molecule has 1 fully saturated rings. The van der Waals surface area contributed by atoms with Crippen LogP contribution in [0.1, 0.15) is 33.1 Å². The summed E-state index contributed by atoms with van der Waals surface area (Å²) in [7, 11) is 0. The molecule has 1 aliphatic carbocycles. The van der Waals surface area contributed by atoms with E-state index in [1.54, 1.807) is 0 Å². The minimum atomic E-state index is -0.286. The molecule has 0 heterocycles. The number of rotatable bonds is 2. The zero-order valence-electron chi connectivity index (χ0n) is 8.45. The minimum absolute atomic E-state index is 0.0965. The monoisotopic (exact) mass is 182 g/mol. The third-order valence-electron chi connectivity index (χ3n) is 2.86. The highest BCUT2D eigenvalue weighted by Gasteiger charge is 2.30. The molecule has 0 aromatic heterocycles. The van der Waals surface area contributed by atoms with E-state index < -0.39 is 0 Å². The number of hydrogen-bond donors (Lipinski definition) is 0. The zero-order valence-corrected chi connectivity index (χ0v) is 8.45. The van der Waals surface area contributed by atoms with Gasteiger partial charge in [0.15, 0.2) is 0 Å². The Bertz CT molecular complexity index is 188. The van der Waals surface area contributed by atoms with Crippen LogP contribution in [0.2, 0.25) is 0 Å². The molecule has 0 radical (unpaired) electrons. The van der Waals surface area contributed by atoms with Crippen LogP contribution in [0.15, 0.2) is 12.7 Å². The Hall–Kier alpha value is -0.790. The van der Waals surface area contributed by atoms with Gasteiger partial charge in [-0.1, -0.05) is 26.8 Å². The van der Waals surface area contributed by atoms with Gasteiger partial charge in [0, 0.05) is 6.08 Å². The maximum atomic E-state index is 11.0. The van der Waals surface area contributed by atoms with Crippen molar-refractivity contribution in [3.05, 3.63) is 12.7 Å². The van der Waals surface area contributed by atoms with Crippen molar-refractivity contribution in [2.24, 2.45) is 11.8 Å². The fraction of sp³-hybridized carbons (Fsp3) is 0.727. The van der Waals surface area contributed by atoms with Crippen molar-refractivity contribution in [3.63, 3.8) is 0 Å². The highest BCUT2D eigenvalue weighted by atomic mass is 16.5. The van der Waals surface area contributed by atoms with Gasteiger partial charge in [0.1, 0.15) is 6.10 Å². The van der Waals surface area contributed by atoms with Crippen LogP contribution in [-0.2, 0) is 9.53 Å². The number of esters is 1. The molecule has 1 rings (SSSR count). The quantitative estimate of drug-likeness (QED) is 0.484. The van der Waals surface area contributed by atoms with Crippen LogP contribution < -0.4 is 0 Å². The lowest BCUT2D eigenvalue weighted by Crippen LogP contribution is -2.34. The van der Waals surface area contributed by atoms with E-state index in [2.05, 4.69) is 20.4 Å². The van der Waals surface area contributed by atoms with Gasteiger partial charge in [-0.2, -0.15) is 0 Å². The lowest BCUT2D eigenvalue weighted by atomic mass is 9.80. The van der Waals surface area contributed by atoms with Gasteiger partial charge in [0.2, 0.25) is 0 Å². The maximum absolute atomic E-state index is 11.0. The topological polar surface area (TPSA) is 26.3 Å². The first-order chi connectivity index (χ1) is 6.15. The Morgan fingerprint density at radius 1 is 1.38 bits per heavy atom. The molecule has 0 spiro atoms. The molecular weight excluding hydrogens is 164 g/mol.